The van der Waals surface area contributed by atoms with Gasteiger partial charge in [-0.1, -0.05) is 12.1 Å². The third kappa shape index (κ3) is 4.95. The van der Waals surface area contributed by atoms with E-state index in [0.717, 1.165) is 36.3 Å². The van der Waals surface area contributed by atoms with Gasteiger partial charge in [-0.25, -0.2) is 13.1 Å². The Morgan fingerprint density at radius 3 is 2.56 bits per heavy atom. The molecule has 7 nitrogen and oxygen atoms in total. The van der Waals surface area contributed by atoms with Crippen LogP contribution in [-0.2, 0) is 34.9 Å². The standard InChI is InChI=1S/C19H28N4O3S/c1-14-19(15(2)23(3)22-14)13-20-11-16-6-8-18(9-7-16)27(24,25)21-12-17-5-4-10-26-17/h6-9,17,20-21H,4-5,10-13H2,1-3H3. The Bertz CT molecular complexity index is 869. The molecule has 1 unspecified atom stereocenters. The molecule has 1 saturated heterocycles. The van der Waals surface area contributed by atoms with Crippen LogP contribution in [0.3, 0.4) is 0 Å². The SMILES string of the molecule is Cc1nn(C)c(C)c1CNCc1ccc(S(=O)(=O)NCC2CCCO2)cc1. The number of aromatic nitrogens is 2. The summed E-state index contributed by atoms with van der Waals surface area (Å²) in [5.74, 6) is 0. The van der Waals surface area contributed by atoms with Gasteiger partial charge < -0.3 is 10.1 Å². The van der Waals surface area contributed by atoms with E-state index < -0.39 is 10.0 Å². The van der Waals surface area contributed by atoms with Crippen molar-refractivity contribution in [2.75, 3.05) is 13.2 Å². The van der Waals surface area contributed by atoms with E-state index in [1.54, 1.807) is 12.1 Å². The van der Waals surface area contributed by atoms with Crippen molar-refractivity contribution >= 4 is 10.0 Å². The Kier molecular flexibility index (Phi) is 6.31. The highest BCUT2D eigenvalue weighted by atomic mass is 32.2. The number of benzene rings is 1. The van der Waals surface area contributed by atoms with E-state index in [0.29, 0.717) is 19.7 Å². The van der Waals surface area contributed by atoms with E-state index in [-0.39, 0.29) is 11.0 Å². The van der Waals surface area contributed by atoms with Crippen molar-refractivity contribution in [3.63, 3.8) is 0 Å². The van der Waals surface area contributed by atoms with Crippen LogP contribution in [0.5, 0.6) is 0 Å². The van der Waals surface area contributed by atoms with Crippen LogP contribution < -0.4 is 10.0 Å². The summed E-state index contributed by atoms with van der Waals surface area (Å²) in [6.45, 7) is 6.50. The molecular weight excluding hydrogens is 364 g/mol. The van der Waals surface area contributed by atoms with Gasteiger partial charge in [-0.15, -0.1) is 0 Å². The van der Waals surface area contributed by atoms with Gasteiger partial charge in [0.05, 0.1) is 16.7 Å². The first-order valence-corrected chi connectivity index (χ1v) is 10.7. The second-order valence-corrected chi connectivity index (χ2v) is 8.77. The third-order valence-electron chi connectivity index (χ3n) is 5.05. The van der Waals surface area contributed by atoms with Crippen molar-refractivity contribution in [1.82, 2.24) is 19.8 Å². The molecular formula is C19H28N4O3S. The Hall–Kier alpha value is -1.74. The summed E-state index contributed by atoms with van der Waals surface area (Å²) in [6, 6.07) is 6.98. The molecule has 27 heavy (non-hydrogen) atoms. The van der Waals surface area contributed by atoms with Gasteiger partial charge in [-0.2, -0.15) is 5.10 Å². The minimum atomic E-state index is -3.50. The lowest BCUT2D eigenvalue weighted by molar-refractivity contribution is 0.114. The zero-order chi connectivity index (χ0) is 19.4. The molecule has 1 aromatic heterocycles. The van der Waals surface area contributed by atoms with Crippen molar-refractivity contribution in [1.29, 1.82) is 0 Å². The van der Waals surface area contributed by atoms with Gasteiger partial charge in [0.15, 0.2) is 0 Å². The largest absolute Gasteiger partial charge is 0.377 e. The van der Waals surface area contributed by atoms with Crippen molar-refractivity contribution < 1.29 is 13.2 Å². The number of hydrogen-bond donors (Lipinski definition) is 2. The summed E-state index contributed by atoms with van der Waals surface area (Å²) in [4.78, 5) is 0.281. The number of nitrogens with one attached hydrogen (secondary N) is 2. The molecule has 0 aliphatic carbocycles. The van der Waals surface area contributed by atoms with Gasteiger partial charge in [0, 0.05) is 44.5 Å². The molecule has 1 aliphatic rings. The fraction of sp³-hybridized carbons (Fsp3) is 0.526. The van der Waals surface area contributed by atoms with Crippen LogP contribution in [-0.4, -0.2) is 37.5 Å². The maximum absolute atomic E-state index is 12.4. The Morgan fingerprint density at radius 1 is 1.22 bits per heavy atom. The topological polar surface area (TPSA) is 85.2 Å². The Labute approximate surface area is 161 Å². The average molecular weight is 393 g/mol. The van der Waals surface area contributed by atoms with Crippen molar-refractivity contribution in [3.05, 3.63) is 46.8 Å². The second-order valence-electron chi connectivity index (χ2n) is 7.01. The monoisotopic (exact) mass is 392 g/mol. The smallest absolute Gasteiger partial charge is 0.240 e. The van der Waals surface area contributed by atoms with Crippen LogP contribution in [0.4, 0.5) is 0 Å². The molecule has 3 rings (SSSR count). The number of rotatable bonds is 8. The van der Waals surface area contributed by atoms with Crippen LogP contribution in [0.25, 0.3) is 0 Å². The van der Waals surface area contributed by atoms with E-state index in [1.165, 1.54) is 5.56 Å². The van der Waals surface area contributed by atoms with Crippen LogP contribution in [0.2, 0.25) is 0 Å². The average Bonchev–Trinajstić information content (AvgIpc) is 3.24. The molecule has 2 N–H and O–H groups in total. The minimum Gasteiger partial charge on any atom is -0.377 e. The van der Waals surface area contributed by atoms with E-state index in [9.17, 15) is 8.42 Å². The highest BCUT2D eigenvalue weighted by Gasteiger charge is 2.20. The quantitative estimate of drug-likeness (QED) is 0.715. The van der Waals surface area contributed by atoms with Gasteiger partial charge in [0.2, 0.25) is 10.0 Å². The molecule has 0 saturated carbocycles. The Morgan fingerprint density at radius 2 is 1.96 bits per heavy atom. The number of ether oxygens (including phenoxy) is 1. The molecule has 1 fully saturated rings. The Balaban J connectivity index is 1.53. The zero-order valence-corrected chi connectivity index (χ0v) is 17.0. The lowest BCUT2D eigenvalue weighted by Gasteiger charge is -2.12. The fourth-order valence-corrected chi connectivity index (χ4v) is 4.35. The first-order valence-electron chi connectivity index (χ1n) is 9.27. The molecule has 148 valence electrons. The molecule has 1 atom stereocenters. The summed E-state index contributed by atoms with van der Waals surface area (Å²) < 4.78 is 34.8. The third-order valence-corrected chi connectivity index (χ3v) is 6.49. The highest BCUT2D eigenvalue weighted by molar-refractivity contribution is 7.89. The van der Waals surface area contributed by atoms with E-state index >= 15 is 0 Å². The minimum absolute atomic E-state index is 0.0114. The zero-order valence-electron chi connectivity index (χ0n) is 16.2. The second kappa shape index (κ2) is 8.52. The first-order chi connectivity index (χ1) is 12.9. The predicted octanol–water partition coefficient (Wildman–Crippen LogP) is 1.78. The summed E-state index contributed by atoms with van der Waals surface area (Å²) in [7, 11) is -1.56. The molecule has 2 aromatic rings. The summed E-state index contributed by atoms with van der Waals surface area (Å²) in [5, 5.41) is 7.81. The molecule has 1 aromatic carbocycles. The number of nitrogens with zero attached hydrogens (tertiary/aromatic N) is 2. The van der Waals surface area contributed by atoms with Gasteiger partial charge >= 0.3 is 0 Å². The molecule has 8 heteroatoms. The normalized spacial score (nSPS) is 17.5. The van der Waals surface area contributed by atoms with Gasteiger partial charge in [-0.05, 0) is 44.4 Å². The summed E-state index contributed by atoms with van der Waals surface area (Å²) >= 11 is 0. The van der Waals surface area contributed by atoms with Crippen LogP contribution in [0, 0.1) is 13.8 Å². The van der Waals surface area contributed by atoms with E-state index in [1.807, 2.05) is 30.8 Å². The number of sulfonamides is 1. The van der Waals surface area contributed by atoms with Crippen LogP contribution in [0.15, 0.2) is 29.2 Å². The van der Waals surface area contributed by atoms with Crippen LogP contribution >= 0.6 is 0 Å². The molecule has 1 aliphatic heterocycles. The molecule has 0 spiro atoms. The fourth-order valence-electron chi connectivity index (χ4n) is 3.28. The highest BCUT2D eigenvalue weighted by Crippen LogP contribution is 2.15. The van der Waals surface area contributed by atoms with Crippen molar-refractivity contribution in [2.45, 2.75) is 50.8 Å². The van der Waals surface area contributed by atoms with Gasteiger partial charge in [0.1, 0.15) is 0 Å². The lowest BCUT2D eigenvalue weighted by atomic mass is 10.2. The lowest BCUT2D eigenvalue weighted by Crippen LogP contribution is -2.31. The van der Waals surface area contributed by atoms with Gasteiger partial charge in [0.25, 0.3) is 0 Å². The number of hydrogen-bond acceptors (Lipinski definition) is 5. The molecule has 0 amide bonds. The van der Waals surface area contributed by atoms with E-state index in [4.69, 9.17) is 4.74 Å². The molecule has 2 heterocycles. The van der Waals surface area contributed by atoms with Crippen molar-refractivity contribution in [2.24, 2.45) is 7.05 Å². The van der Waals surface area contributed by atoms with E-state index in [2.05, 4.69) is 22.1 Å². The first kappa shape index (κ1) is 20.0. The predicted molar refractivity (Wildman–Crippen MR) is 104 cm³/mol. The number of aryl methyl sites for hydroxylation is 2. The maximum atomic E-state index is 12.4. The van der Waals surface area contributed by atoms with Gasteiger partial charge in [-0.3, -0.25) is 4.68 Å². The summed E-state index contributed by atoms with van der Waals surface area (Å²) in [6.07, 6.45) is 1.89. The van der Waals surface area contributed by atoms with Crippen LogP contribution in [0.1, 0.15) is 35.4 Å². The molecule has 0 bridgehead atoms. The maximum Gasteiger partial charge on any atom is 0.240 e. The van der Waals surface area contributed by atoms with Crippen molar-refractivity contribution in [3.8, 4) is 0 Å². The molecule has 0 radical (unpaired) electrons. The summed E-state index contributed by atoms with van der Waals surface area (Å²) in [5.41, 5.74) is 4.42.